The summed E-state index contributed by atoms with van der Waals surface area (Å²) in [4.78, 5) is 25.7. The molecule has 1 saturated heterocycles. The quantitative estimate of drug-likeness (QED) is 0.682. The van der Waals surface area contributed by atoms with E-state index in [-0.39, 0.29) is 17.9 Å². The first-order valence-corrected chi connectivity index (χ1v) is 8.85. The van der Waals surface area contributed by atoms with E-state index in [2.05, 4.69) is 5.32 Å². The molecule has 137 valence electrons. The van der Waals surface area contributed by atoms with Gasteiger partial charge in [0.2, 0.25) is 11.8 Å². The van der Waals surface area contributed by atoms with Crippen molar-refractivity contribution in [3.63, 3.8) is 0 Å². The minimum atomic E-state index is -0.614. The molecule has 3 atom stereocenters. The summed E-state index contributed by atoms with van der Waals surface area (Å²) in [6.45, 7) is 3.45. The average molecular weight is 346 g/mol. The molecule has 1 fully saturated rings. The van der Waals surface area contributed by atoms with E-state index in [4.69, 9.17) is 5.73 Å². The van der Waals surface area contributed by atoms with Gasteiger partial charge in [-0.05, 0) is 31.4 Å². The van der Waals surface area contributed by atoms with E-state index in [9.17, 15) is 14.7 Å². The van der Waals surface area contributed by atoms with Gasteiger partial charge < -0.3 is 21.1 Å². The lowest BCUT2D eigenvalue weighted by atomic mass is 10.0. The van der Waals surface area contributed by atoms with Crippen LogP contribution in [0.2, 0.25) is 0 Å². The van der Waals surface area contributed by atoms with Crippen molar-refractivity contribution in [2.24, 2.45) is 11.7 Å². The van der Waals surface area contributed by atoms with E-state index >= 15 is 0 Å². The monoisotopic (exact) mass is 346 g/mol. The van der Waals surface area contributed by atoms with E-state index in [1.54, 1.807) is 11.8 Å². The number of hydrogen-bond acceptors (Lipinski definition) is 4. The average Bonchev–Trinajstić information content (AvgIpc) is 2.82. The van der Waals surface area contributed by atoms with Crippen LogP contribution in [0.3, 0.4) is 0 Å². The lowest BCUT2D eigenvalue weighted by Crippen LogP contribution is -2.48. The molecule has 1 radical (unpaired) electrons. The fourth-order valence-electron chi connectivity index (χ4n) is 3.03. The second-order valence-corrected chi connectivity index (χ2v) is 6.68. The van der Waals surface area contributed by atoms with Gasteiger partial charge in [-0.3, -0.25) is 9.59 Å². The van der Waals surface area contributed by atoms with Crippen molar-refractivity contribution in [2.45, 2.75) is 44.9 Å². The molecular weight excluding hydrogens is 318 g/mol. The van der Waals surface area contributed by atoms with Crippen molar-refractivity contribution in [3.05, 3.63) is 42.3 Å². The predicted molar refractivity (Wildman–Crippen MR) is 96.2 cm³/mol. The van der Waals surface area contributed by atoms with E-state index in [1.165, 1.54) is 6.42 Å². The second-order valence-electron chi connectivity index (χ2n) is 6.68. The zero-order chi connectivity index (χ0) is 18.2. The first-order chi connectivity index (χ1) is 12.0. The molecule has 1 aliphatic heterocycles. The van der Waals surface area contributed by atoms with Crippen LogP contribution in [-0.2, 0) is 16.1 Å². The fourth-order valence-corrected chi connectivity index (χ4v) is 3.03. The molecule has 0 bridgehead atoms. The van der Waals surface area contributed by atoms with Crippen molar-refractivity contribution in [2.75, 3.05) is 13.1 Å². The van der Waals surface area contributed by atoms with Crippen molar-refractivity contribution < 1.29 is 14.7 Å². The Kier molecular flexibility index (Phi) is 7.40. The number of aliphatic hydroxyl groups is 1. The molecule has 6 nitrogen and oxygen atoms in total. The highest BCUT2D eigenvalue weighted by atomic mass is 16.3. The first kappa shape index (κ1) is 19.4. The van der Waals surface area contributed by atoms with Crippen molar-refractivity contribution in [3.8, 4) is 0 Å². The Morgan fingerprint density at radius 3 is 2.80 bits per heavy atom. The molecule has 1 aromatic carbocycles. The van der Waals surface area contributed by atoms with Crippen molar-refractivity contribution in [1.29, 1.82) is 0 Å². The van der Waals surface area contributed by atoms with Crippen LogP contribution in [-0.4, -0.2) is 47.1 Å². The molecule has 2 amide bonds. The summed E-state index contributed by atoms with van der Waals surface area (Å²) in [6, 6.07) is 9.48. The Morgan fingerprint density at radius 2 is 2.12 bits per heavy atom. The van der Waals surface area contributed by atoms with Crippen molar-refractivity contribution >= 4 is 11.8 Å². The molecule has 1 aliphatic rings. The number of rotatable bonds is 7. The maximum absolute atomic E-state index is 12.8. The molecule has 2 rings (SSSR count). The van der Waals surface area contributed by atoms with Crippen LogP contribution in [0.15, 0.2) is 30.3 Å². The number of carbonyl (C=O) groups excluding carboxylic acids is 2. The molecule has 1 heterocycles. The number of hydrogen-bond donors (Lipinski definition) is 3. The molecule has 0 aromatic heterocycles. The first-order valence-electron chi connectivity index (χ1n) is 8.85. The smallest absolute Gasteiger partial charge is 0.227 e. The maximum Gasteiger partial charge on any atom is 0.227 e. The number of benzene rings is 1. The molecule has 2 unspecified atom stereocenters. The Bertz CT molecular complexity index is 564. The predicted octanol–water partition coefficient (Wildman–Crippen LogP) is 0.844. The summed E-state index contributed by atoms with van der Waals surface area (Å²) in [7, 11) is 0. The van der Waals surface area contributed by atoms with Crippen molar-refractivity contribution in [1.82, 2.24) is 10.2 Å². The summed E-state index contributed by atoms with van der Waals surface area (Å²) in [6.07, 6.45) is 2.85. The highest BCUT2D eigenvalue weighted by molar-refractivity contribution is 5.86. The van der Waals surface area contributed by atoms with E-state index in [0.29, 0.717) is 19.5 Å². The number of nitrogens with zero attached hydrogens (tertiary/aromatic N) is 1. The molecule has 6 heteroatoms. The highest BCUT2D eigenvalue weighted by Crippen LogP contribution is 2.19. The van der Waals surface area contributed by atoms with Gasteiger partial charge in [0, 0.05) is 19.0 Å². The summed E-state index contributed by atoms with van der Waals surface area (Å²) < 4.78 is 0. The summed E-state index contributed by atoms with van der Waals surface area (Å²) in [5.41, 5.74) is 6.29. The van der Waals surface area contributed by atoms with Crippen LogP contribution in [0.1, 0.15) is 31.7 Å². The Morgan fingerprint density at radius 1 is 1.40 bits per heavy atom. The molecular formula is C19H28N3O3. The normalized spacial score (nSPS) is 22.0. The summed E-state index contributed by atoms with van der Waals surface area (Å²) in [5, 5.41) is 13.7. The van der Waals surface area contributed by atoms with Crippen LogP contribution in [0.25, 0.3) is 0 Å². The van der Waals surface area contributed by atoms with E-state index in [0.717, 1.165) is 24.9 Å². The Balaban J connectivity index is 2.12. The maximum atomic E-state index is 12.8. The number of β-amino-alcohol motifs (C(OH)–C–C–N with tert-alkyl or cyclic N) is 1. The number of amides is 2. The number of primary amides is 1. The van der Waals surface area contributed by atoms with Crippen LogP contribution in [0.4, 0.5) is 0 Å². The van der Waals surface area contributed by atoms with Gasteiger partial charge >= 0.3 is 0 Å². The fraction of sp³-hybridized carbons (Fsp3) is 0.526. The number of aliphatic hydroxyl groups excluding tert-OH is 1. The van der Waals surface area contributed by atoms with Gasteiger partial charge in [-0.2, -0.15) is 0 Å². The number of nitrogens with two attached hydrogens (primary N) is 1. The Hall–Kier alpha value is -1.92. The highest BCUT2D eigenvalue weighted by Gasteiger charge is 2.31. The topological polar surface area (TPSA) is 95.7 Å². The summed E-state index contributed by atoms with van der Waals surface area (Å²) in [5.74, 6) is -0.969. The Labute approximate surface area is 149 Å². The second kappa shape index (κ2) is 9.53. The third-order valence-electron chi connectivity index (χ3n) is 4.66. The van der Waals surface area contributed by atoms with Gasteiger partial charge in [0.1, 0.15) is 0 Å². The van der Waals surface area contributed by atoms with Crippen LogP contribution in [0.5, 0.6) is 0 Å². The van der Waals surface area contributed by atoms with Gasteiger partial charge in [-0.25, -0.2) is 0 Å². The minimum absolute atomic E-state index is 0.164. The molecule has 0 saturated carbocycles. The molecule has 1 aromatic rings. The van der Waals surface area contributed by atoms with Gasteiger partial charge in [0.25, 0.3) is 0 Å². The largest absolute Gasteiger partial charge is 0.390 e. The van der Waals surface area contributed by atoms with Gasteiger partial charge in [-0.1, -0.05) is 37.3 Å². The molecule has 4 N–H and O–H groups in total. The van der Waals surface area contributed by atoms with Crippen LogP contribution in [0, 0.1) is 12.3 Å². The van der Waals surface area contributed by atoms with Gasteiger partial charge in [-0.15, -0.1) is 0 Å². The van der Waals surface area contributed by atoms with E-state index < -0.39 is 12.0 Å². The zero-order valence-electron chi connectivity index (χ0n) is 14.7. The lowest BCUT2D eigenvalue weighted by Gasteiger charge is -2.34. The van der Waals surface area contributed by atoms with Gasteiger partial charge in [0.05, 0.1) is 18.6 Å². The van der Waals surface area contributed by atoms with Crippen LogP contribution >= 0.6 is 0 Å². The number of nitrogens with one attached hydrogen (secondary N) is 1. The van der Waals surface area contributed by atoms with E-state index in [1.807, 2.05) is 30.3 Å². The third-order valence-corrected chi connectivity index (χ3v) is 4.66. The molecule has 25 heavy (non-hydrogen) atoms. The zero-order valence-corrected chi connectivity index (χ0v) is 14.7. The standard InChI is InChI=1S/C19H28N3O3/c1-14(19(20)25)9-10-18(24)22(13-15-6-3-2-4-7-15)16-8-5-11-21-12-17(16)23/h2-4,6-7,10,14,16-17,21,23H,5,8-9,11-13H2,1H3,(H2,20,25)/t14?,16?,17-/m0/s1. The molecule has 0 spiro atoms. The number of carbonyl (C=O) groups is 2. The van der Waals surface area contributed by atoms with Gasteiger partial charge in [0.15, 0.2) is 0 Å². The molecule has 0 aliphatic carbocycles. The minimum Gasteiger partial charge on any atom is -0.390 e. The third kappa shape index (κ3) is 5.83. The SMILES string of the molecule is CC(C[CH]C(=O)N(Cc1ccccc1)C1CCCNC[C@@H]1O)C(N)=O. The van der Waals surface area contributed by atoms with Crippen LogP contribution < -0.4 is 11.1 Å². The lowest BCUT2D eigenvalue weighted by molar-refractivity contribution is -0.133. The summed E-state index contributed by atoms with van der Waals surface area (Å²) >= 11 is 0.